The van der Waals surface area contributed by atoms with E-state index in [1.54, 1.807) is 5.06 Å². The van der Waals surface area contributed by atoms with Crippen LogP contribution >= 0.6 is 22.6 Å². The van der Waals surface area contributed by atoms with Crippen molar-refractivity contribution in [3.63, 3.8) is 0 Å². The van der Waals surface area contributed by atoms with Crippen LogP contribution in [-0.4, -0.2) is 41.0 Å². The molecule has 0 amide bonds. The Morgan fingerprint density at radius 3 is 2.95 bits per heavy atom. The Balaban J connectivity index is 1.82. The van der Waals surface area contributed by atoms with Gasteiger partial charge in [-0.2, -0.15) is 5.06 Å². The van der Waals surface area contributed by atoms with E-state index in [9.17, 15) is 9.90 Å². The van der Waals surface area contributed by atoms with Gasteiger partial charge in [-0.25, -0.2) is 0 Å². The molecule has 1 aromatic rings. The number of nitrogens with zero attached hydrogens (tertiary/aromatic N) is 1. The zero-order chi connectivity index (χ0) is 14.3. The number of cyclic esters (lactones) is 1. The molecule has 0 aliphatic carbocycles. The highest BCUT2D eigenvalue weighted by molar-refractivity contribution is 14.1. The summed E-state index contributed by atoms with van der Waals surface area (Å²) in [6, 6.07) is 7.62. The molecule has 1 N–H and O–H groups in total. The molecule has 2 unspecified atom stereocenters. The molecule has 108 valence electrons. The fourth-order valence-corrected chi connectivity index (χ4v) is 3.58. The molecule has 0 aromatic heterocycles. The van der Waals surface area contributed by atoms with Crippen LogP contribution in [0.5, 0.6) is 0 Å². The minimum atomic E-state index is -0.417. The third-order valence-electron chi connectivity index (χ3n) is 3.87. The normalized spacial score (nSPS) is 33.2. The molecular formula is C14H16INO4. The Bertz CT molecular complexity index is 524. The monoisotopic (exact) mass is 389 g/mol. The van der Waals surface area contributed by atoms with Gasteiger partial charge in [0, 0.05) is 3.57 Å². The molecular weight excluding hydrogens is 373 g/mol. The SMILES string of the molecule is CC1OC(=O)[C@@H]2[C@H]1C(CO)ON2Cc1cccc(I)c1. The molecule has 0 saturated carbocycles. The van der Waals surface area contributed by atoms with E-state index in [0.29, 0.717) is 6.54 Å². The fourth-order valence-electron chi connectivity index (χ4n) is 2.98. The lowest BCUT2D eigenvalue weighted by Crippen LogP contribution is -2.35. The summed E-state index contributed by atoms with van der Waals surface area (Å²) in [5.74, 6) is -0.362. The van der Waals surface area contributed by atoms with Crippen molar-refractivity contribution in [2.75, 3.05) is 6.61 Å². The maximum atomic E-state index is 12.0. The lowest BCUT2D eigenvalue weighted by atomic mass is 9.93. The van der Waals surface area contributed by atoms with E-state index in [4.69, 9.17) is 9.57 Å². The number of aliphatic hydroxyl groups excluding tert-OH is 1. The number of benzene rings is 1. The maximum Gasteiger partial charge on any atom is 0.326 e. The van der Waals surface area contributed by atoms with Crippen LogP contribution in [0.15, 0.2) is 24.3 Å². The number of hydroxylamine groups is 2. The largest absolute Gasteiger partial charge is 0.461 e. The first-order chi connectivity index (χ1) is 9.60. The molecule has 0 bridgehead atoms. The highest BCUT2D eigenvalue weighted by Crippen LogP contribution is 2.38. The van der Waals surface area contributed by atoms with E-state index in [1.807, 2.05) is 25.1 Å². The van der Waals surface area contributed by atoms with Gasteiger partial charge in [0.05, 0.1) is 19.1 Å². The number of carbonyl (C=O) groups excluding carboxylic acids is 1. The van der Waals surface area contributed by atoms with Crippen LogP contribution in [0.3, 0.4) is 0 Å². The molecule has 6 heteroatoms. The van der Waals surface area contributed by atoms with Crippen LogP contribution in [0.2, 0.25) is 0 Å². The quantitative estimate of drug-likeness (QED) is 0.625. The minimum Gasteiger partial charge on any atom is -0.461 e. The first-order valence-electron chi connectivity index (χ1n) is 6.59. The fraction of sp³-hybridized carbons (Fsp3) is 0.500. The van der Waals surface area contributed by atoms with Gasteiger partial charge in [-0.1, -0.05) is 12.1 Å². The first kappa shape index (κ1) is 14.2. The molecule has 20 heavy (non-hydrogen) atoms. The predicted molar refractivity (Wildman–Crippen MR) is 79.5 cm³/mol. The standard InChI is InChI=1S/C14H16INO4/c1-8-12-11(7-17)20-16(13(12)14(18)19-8)6-9-3-2-4-10(15)5-9/h2-5,8,11-13,17H,6-7H2,1H3/t8?,11?,12-,13+/m1/s1. The number of esters is 1. The molecule has 2 aliphatic heterocycles. The van der Waals surface area contributed by atoms with Crippen molar-refractivity contribution in [1.82, 2.24) is 5.06 Å². The summed E-state index contributed by atoms with van der Waals surface area (Å²) >= 11 is 2.25. The van der Waals surface area contributed by atoms with Gasteiger partial charge in [-0.3, -0.25) is 9.63 Å². The third kappa shape index (κ3) is 2.45. The Labute approximate surface area is 130 Å². The highest BCUT2D eigenvalue weighted by Gasteiger charge is 2.55. The van der Waals surface area contributed by atoms with Crippen molar-refractivity contribution >= 4 is 28.6 Å². The van der Waals surface area contributed by atoms with Crippen molar-refractivity contribution in [2.45, 2.75) is 31.7 Å². The molecule has 0 spiro atoms. The number of fused-ring (bicyclic) bond motifs is 1. The van der Waals surface area contributed by atoms with Crippen LogP contribution in [0, 0.1) is 9.49 Å². The summed E-state index contributed by atoms with van der Waals surface area (Å²) in [5.41, 5.74) is 1.07. The van der Waals surface area contributed by atoms with E-state index in [2.05, 4.69) is 28.7 Å². The molecule has 2 fully saturated rings. The number of carbonyl (C=O) groups is 1. The van der Waals surface area contributed by atoms with Crippen LogP contribution < -0.4 is 0 Å². The number of rotatable bonds is 3. The molecule has 1 aromatic carbocycles. The Kier molecular flexibility index (Phi) is 3.98. The number of aliphatic hydroxyl groups is 1. The van der Waals surface area contributed by atoms with Crippen molar-refractivity contribution in [3.05, 3.63) is 33.4 Å². The Hall–Kier alpha value is -0.700. The van der Waals surface area contributed by atoms with E-state index in [1.165, 1.54) is 0 Å². The lowest BCUT2D eigenvalue weighted by molar-refractivity contribution is -0.195. The predicted octanol–water partition coefficient (Wildman–Crippen LogP) is 1.33. The summed E-state index contributed by atoms with van der Waals surface area (Å²) < 4.78 is 6.41. The summed E-state index contributed by atoms with van der Waals surface area (Å²) in [5, 5.41) is 11.1. The molecule has 2 aliphatic rings. The topological polar surface area (TPSA) is 59.0 Å². The van der Waals surface area contributed by atoms with Crippen molar-refractivity contribution in [3.8, 4) is 0 Å². The summed E-state index contributed by atoms with van der Waals surface area (Å²) in [6.07, 6.45) is -0.588. The Morgan fingerprint density at radius 1 is 1.45 bits per heavy atom. The zero-order valence-corrected chi connectivity index (χ0v) is 13.2. The zero-order valence-electron chi connectivity index (χ0n) is 11.0. The van der Waals surface area contributed by atoms with Crippen LogP contribution in [0.4, 0.5) is 0 Å². The molecule has 0 radical (unpaired) electrons. The maximum absolute atomic E-state index is 12.0. The second-order valence-corrected chi connectivity index (χ2v) is 6.44. The van der Waals surface area contributed by atoms with E-state index in [0.717, 1.165) is 9.13 Å². The van der Waals surface area contributed by atoms with E-state index in [-0.39, 0.29) is 30.7 Å². The van der Waals surface area contributed by atoms with Crippen LogP contribution in [0.25, 0.3) is 0 Å². The molecule has 4 atom stereocenters. The van der Waals surface area contributed by atoms with Gasteiger partial charge in [0.1, 0.15) is 18.2 Å². The van der Waals surface area contributed by atoms with E-state index < -0.39 is 6.04 Å². The van der Waals surface area contributed by atoms with Gasteiger partial charge in [0.2, 0.25) is 0 Å². The number of hydrogen-bond donors (Lipinski definition) is 1. The van der Waals surface area contributed by atoms with Gasteiger partial charge in [0.15, 0.2) is 0 Å². The molecule has 2 saturated heterocycles. The highest BCUT2D eigenvalue weighted by atomic mass is 127. The van der Waals surface area contributed by atoms with Gasteiger partial charge < -0.3 is 9.84 Å². The molecule has 5 nitrogen and oxygen atoms in total. The summed E-state index contributed by atoms with van der Waals surface area (Å²) in [4.78, 5) is 17.7. The summed E-state index contributed by atoms with van der Waals surface area (Å²) in [6.45, 7) is 2.25. The first-order valence-corrected chi connectivity index (χ1v) is 7.67. The van der Waals surface area contributed by atoms with Crippen molar-refractivity contribution in [2.24, 2.45) is 5.92 Å². The lowest BCUT2D eigenvalue weighted by Gasteiger charge is -2.20. The number of hydrogen-bond acceptors (Lipinski definition) is 5. The minimum absolute atomic E-state index is 0.102. The second-order valence-electron chi connectivity index (χ2n) is 5.20. The molecule has 2 heterocycles. The second kappa shape index (κ2) is 5.59. The summed E-state index contributed by atoms with van der Waals surface area (Å²) in [7, 11) is 0. The average Bonchev–Trinajstić information content (AvgIpc) is 2.90. The van der Waals surface area contributed by atoms with Crippen molar-refractivity contribution < 1.29 is 19.5 Å². The molecule has 3 rings (SSSR count). The van der Waals surface area contributed by atoms with E-state index >= 15 is 0 Å². The number of halogens is 1. The van der Waals surface area contributed by atoms with Gasteiger partial charge >= 0.3 is 5.97 Å². The van der Waals surface area contributed by atoms with Crippen LogP contribution in [-0.2, 0) is 20.9 Å². The van der Waals surface area contributed by atoms with Gasteiger partial charge in [0.25, 0.3) is 0 Å². The average molecular weight is 389 g/mol. The van der Waals surface area contributed by atoms with Gasteiger partial charge in [-0.15, -0.1) is 0 Å². The van der Waals surface area contributed by atoms with Crippen molar-refractivity contribution in [1.29, 1.82) is 0 Å². The van der Waals surface area contributed by atoms with Gasteiger partial charge in [-0.05, 0) is 47.2 Å². The smallest absolute Gasteiger partial charge is 0.326 e. The van der Waals surface area contributed by atoms with Crippen LogP contribution in [0.1, 0.15) is 12.5 Å². The Morgan fingerprint density at radius 2 is 2.25 bits per heavy atom. The number of ether oxygens (including phenoxy) is 1. The third-order valence-corrected chi connectivity index (χ3v) is 4.54.